The SMILES string of the molecule is CC(NC(=O)COc1cccc2c1CCC2=O)c1ccc2ccccc2c1. The van der Waals surface area contributed by atoms with Crippen LogP contribution >= 0.6 is 0 Å². The van der Waals surface area contributed by atoms with Gasteiger partial charge in [-0.3, -0.25) is 9.59 Å². The number of Topliss-reactive ketones (excluding diaryl/α,β-unsaturated/α-hetero) is 1. The van der Waals surface area contributed by atoms with Crippen molar-refractivity contribution in [2.75, 3.05) is 6.61 Å². The zero-order chi connectivity index (χ0) is 18.8. The van der Waals surface area contributed by atoms with Crippen molar-refractivity contribution in [3.05, 3.63) is 77.4 Å². The predicted molar refractivity (Wildman–Crippen MR) is 105 cm³/mol. The molecule has 0 heterocycles. The monoisotopic (exact) mass is 359 g/mol. The van der Waals surface area contributed by atoms with Gasteiger partial charge in [0, 0.05) is 17.5 Å². The molecule has 0 fully saturated rings. The van der Waals surface area contributed by atoms with Gasteiger partial charge in [0.2, 0.25) is 0 Å². The first-order valence-corrected chi connectivity index (χ1v) is 9.18. The van der Waals surface area contributed by atoms with Gasteiger partial charge in [0.1, 0.15) is 5.75 Å². The molecule has 4 heteroatoms. The van der Waals surface area contributed by atoms with Gasteiger partial charge >= 0.3 is 0 Å². The summed E-state index contributed by atoms with van der Waals surface area (Å²) in [7, 11) is 0. The van der Waals surface area contributed by atoms with Gasteiger partial charge in [0.25, 0.3) is 5.91 Å². The average molecular weight is 359 g/mol. The summed E-state index contributed by atoms with van der Waals surface area (Å²) >= 11 is 0. The molecule has 1 N–H and O–H groups in total. The van der Waals surface area contributed by atoms with Gasteiger partial charge in [-0.1, -0.05) is 48.5 Å². The summed E-state index contributed by atoms with van der Waals surface area (Å²) in [4.78, 5) is 24.1. The summed E-state index contributed by atoms with van der Waals surface area (Å²) in [6.45, 7) is 1.89. The van der Waals surface area contributed by atoms with E-state index in [2.05, 4.69) is 29.6 Å². The van der Waals surface area contributed by atoms with E-state index in [0.29, 0.717) is 18.6 Å². The van der Waals surface area contributed by atoms with E-state index in [4.69, 9.17) is 4.74 Å². The number of carbonyl (C=O) groups excluding carboxylic acids is 2. The molecule has 0 aliphatic heterocycles. The van der Waals surface area contributed by atoms with E-state index in [1.54, 1.807) is 6.07 Å². The largest absolute Gasteiger partial charge is 0.483 e. The van der Waals surface area contributed by atoms with Crippen LogP contribution < -0.4 is 10.1 Å². The van der Waals surface area contributed by atoms with Crippen molar-refractivity contribution in [2.24, 2.45) is 0 Å². The number of ketones is 1. The third-order valence-electron chi connectivity index (χ3n) is 5.05. The maximum absolute atomic E-state index is 12.3. The molecule has 4 nitrogen and oxygen atoms in total. The number of amides is 1. The molecule has 0 radical (unpaired) electrons. The van der Waals surface area contributed by atoms with Crippen LogP contribution in [0.15, 0.2) is 60.7 Å². The molecular formula is C23H21NO3. The van der Waals surface area contributed by atoms with Crippen LogP contribution in [0.4, 0.5) is 0 Å². The number of rotatable bonds is 5. The smallest absolute Gasteiger partial charge is 0.258 e. The van der Waals surface area contributed by atoms with Crippen LogP contribution in [0.1, 0.15) is 40.9 Å². The summed E-state index contributed by atoms with van der Waals surface area (Å²) in [6, 6.07) is 19.7. The molecule has 3 aromatic carbocycles. The van der Waals surface area contributed by atoms with Crippen molar-refractivity contribution < 1.29 is 14.3 Å². The second-order valence-corrected chi connectivity index (χ2v) is 6.89. The highest BCUT2D eigenvalue weighted by atomic mass is 16.5. The number of fused-ring (bicyclic) bond motifs is 2. The number of hydrogen-bond donors (Lipinski definition) is 1. The minimum Gasteiger partial charge on any atom is -0.483 e. The van der Waals surface area contributed by atoms with E-state index in [1.807, 2.05) is 37.3 Å². The maximum Gasteiger partial charge on any atom is 0.258 e. The van der Waals surface area contributed by atoms with Crippen LogP contribution in [-0.4, -0.2) is 18.3 Å². The van der Waals surface area contributed by atoms with Crippen molar-refractivity contribution in [3.63, 3.8) is 0 Å². The Morgan fingerprint density at radius 1 is 1.04 bits per heavy atom. The summed E-state index contributed by atoms with van der Waals surface area (Å²) in [5.41, 5.74) is 2.68. The molecule has 1 aliphatic rings. The Labute approximate surface area is 158 Å². The van der Waals surface area contributed by atoms with E-state index in [9.17, 15) is 9.59 Å². The van der Waals surface area contributed by atoms with E-state index in [1.165, 1.54) is 5.39 Å². The molecule has 1 amide bonds. The van der Waals surface area contributed by atoms with Gasteiger partial charge in [-0.2, -0.15) is 0 Å². The molecule has 1 unspecified atom stereocenters. The Bertz CT molecular complexity index is 1030. The second-order valence-electron chi connectivity index (χ2n) is 6.89. The summed E-state index contributed by atoms with van der Waals surface area (Å²) in [5.74, 6) is 0.592. The number of nitrogens with one attached hydrogen (secondary N) is 1. The summed E-state index contributed by atoms with van der Waals surface area (Å²) in [5, 5.41) is 5.30. The lowest BCUT2D eigenvalue weighted by Gasteiger charge is -2.16. The van der Waals surface area contributed by atoms with E-state index >= 15 is 0 Å². The summed E-state index contributed by atoms with van der Waals surface area (Å²) in [6.07, 6.45) is 1.19. The Hall–Kier alpha value is -3.14. The third kappa shape index (κ3) is 3.56. The minimum atomic E-state index is -0.183. The first-order valence-electron chi connectivity index (χ1n) is 9.18. The van der Waals surface area contributed by atoms with Crippen molar-refractivity contribution in [1.29, 1.82) is 0 Å². The fourth-order valence-electron chi connectivity index (χ4n) is 3.58. The van der Waals surface area contributed by atoms with Gasteiger partial charge < -0.3 is 10.1 Å². The van der Waals surface area contributed by atoms with E-state index in [0.717, 1.165) is 22.1 Å². The molecule has 0 spiro atoms. The Kier molecular flexibility index (Phi) is 4.63. The lowest BCUT2D eigenvalue weighted by molar-refractivity contribution is -0.123. The van der Waals surface area contributed by atoms with Crippen molar-refractivity contribution >= 4 is 22.5 Å². The van der Waals surface area contributed by atoms with Gasteiger partial charge in [-0.15, -0.1) is 0 Å². The van der Waals surface area contributed by atoms with Crippen LogP contribution in [-0.2, 0) is 11.2 Å². The molecule has 4 rings (SSSR count). The number of benzene rings is 3. The van der Waals surface area contributed by atoms with Gasteiger partial charge in [0.15, 0.2) is 12.4 Å². The van der Waals surface area contributed by atoms with Crippen LogP contribution in [0.5, 0.6) is 5.75 Å². The number of hydrogen-bond acceptors (Lipinski definition) is 3. The molecule has 0 bridgehead atoms. The normalized spacial score (nSPS) is 14.0. The third-order valence-corrected chi connectivity index (χ3v) is 5.05. The fourth-order valence-corrected chi connectivity index (χ4v) is 3.58. The molecule has 3 aromatic rings. The average Bonchev–Trinajstić information content (AvgIpc) is 3.07. The molecule has 136 valence electrons. The van der Waals surface area contributed by atoms with Crippen LogP contribution in [0.2, 0.25) is 0 Å². The lowest BCUT2D eigenvalue weighted by Crippen LogP contribution is -2.31. The van der Waals surface area contributed by atoms with Crippen LogP contribution in [0.25, 0.3) is 10.8 Å². The molecule has 0 saturated heterocycles. The highest BCUT2D eigenvalue weighted by molar-refractivity contribution is 6.01. The minimum absolute atomic E-state index is 0.0669. The summed E-state index contributed by atoms with van der Waals surface area (Å²) < 4.78 is 5.70. The van der Waals surface area contributed by atoms with Gasteiger partial charge in [0.05, 0.1) is 6.04 Å². The van der Waals surface area contributed by atoms with Crippen molar-refractivity contribution in [1.82, 2.24) is 5.32 Å². The van der Waals surface area contributed by atoms with Crippen molar-refractivity contribution in [2.45, 2.75) is 25.8 Å². The molecule has 0 aromatic heterocycles. The van der Waals surface area contributed by atoms with Gasteiger partial charge in [-0.25, -0.2) is 0 Å². The number of ether oxygens (including phenoxy) is 1. The Balaban J connectivity index is 1.40. The second kappa shape index (κ2) is 7.23. The highest BCUT2D eigenvalue weighted by Gasteiger charge is 2.23. The predicted octanol–water partition coefficient (Wildman–Crippen LogP) is 4.22. The van der Waals surface area contributed by atoms with Crippen molar-refractivity contribution in [3.8, 4) is 5.75 Å². The molecule has 0 saturated carbocycles. The molecule has 1 atom stereocenters. The van der Waals surface area contributed by atoms with Crippen LogP contribution in [0.3, 0.4) is 0 Å². The van der Waals surface area contributed by atoms with E-state index in [-0.39, 0.29) is 24.3 Å². The van der Waals surface area contributed by atoms with Crippen LogP contribution in [0, 0.1) is 0 Å². The van der Waals surface area contributed by atoms with Gasteiger partial charge in [-0.05, 0) is 41.8 Å². The topological polar surface area (TPSA) is 55.4 Å². The zero-order valence-corrected chi connectivity index (χ0v) is 15.2. The maximum atomic E-state index is 12.3. The quantitative estimate of drug-likeness (QED) is 0.742. The molecular weight excluding hydrogens is 338 g/mol. The number of carbonyl (C=O) groups is 2. The van der Waals surface area contributed by atoms with E-state index < -0.39 is 0 Å². The Morgan fingerprint density at radius 3 is 2.70 bits per heavy atom. The first-order chi connectivity index (χ1) is 13.1. The lowest BCUT2D eigenvalue weighted by atomic mass is 10.0. The fraction of sp³-hybridized carbons (Fsp3) is 0.217. The zero-order valence-electron chi connectivity index (χ0n) is 15.2. The standard InChI is InChI=1S/C23H21NO3/c1-15(17-10-9-16-5-2-3-6-18(16)13-17)24-23(26)14-27-22-8-4-7-19-20(22)11-12-21(19)25/h2-10,13,15H,11-12,14H2,1H3,(H,24,26). The first kappa shape index (κ1) is 17.3. The Morgan fingerprint density at radius 2 is 1.85 bits per heavy atom. The molecule has 27 heavy (non-hydrogen) atoms. The molecule has 1 aliphatic carbocycles. The highest BCUT2D eigenvalue weighted by Crippen LogP contribution is 2.30.